The molecule has 35 heavy (non-hydrogen) atoms. The van der Waals surface area contributed by atoms with Crippen molar-refractivity contribution in [2.24, 2.45) is 5.92 Å². The Labute approximate surface area is 200 Å². The Kier molecular flexibility index (Phi) is 6.86. The van der Waals surface area contributed by atoms with Crippen LogP contribution in [0.25, 0.3) is 11.2 Å². The Hall–Kier alpha value is -4.54. The second kappa shape index (κ2) is 10.2. The molecule has 0 unspecified atom stereocenters. The monoisotopic (exact) mass is 475 g/mol. The van der Waals surface area contributed by atoms with Crippen LogP contribution in [0.1, 0.15) is 29.9 Å². The van der Waals surface area contributed by atoms with E-state index in [1.165, 1.54) is 23.2 Å². The van der Waals surface area contributed by atoms with Gasteiger partial charge in [-0.15, -0.1) is 0 Å². The highest BCUT2D eigenvalue weighted by Gasteiger charge is 2.20. The van der Waals surface area contributed by atoms with Gasteiger partial charge >= 0.3 is 5.69 Å². The average Bonchev–Trinajstić information content (AvgIpc) is 3.27. The first-order valence-electron chi connectivity index (χ1n) is 11.1. The van der Waals surface area contributed by atoms with Gasteiger partial charge < -0.3 is 4.57 Å². The van der Waals surface area contributed by atoms with Gasteiger partial charge in [0, 0.05) is 12.7 Å². The summed E-state index contributed by atoms with van der Waals surface area (Å²) in [6.45, 7) is 4.11. The van der Waals surface area contributed by atoms with E-state index in [4.69, 9.17) is 0 Å². The summed E-state index contributed by atoms with van der Waals surface area (Å²) in [5.74, 6) is -1.15. The van der Waals surface area contributed by atoms with Gasteiger partial charge in [-0.05, 0) is 23.6 Å². The Bertz CT molecular complexity index is 1470. The number of pyridine rings is 1. The van der Waals surface area contributed by atoms with Gasteiger partial charge in [0.1, 0.15) is 12.2 Å². The maximum atomic E-state index is 13.3. The van der Waals surface area contributed by atoms with Crippen molar-refractivity contribution < 1.29 is 9.59 Å². The van der Waals surface area contributed by atoms with Crippen LogP contribution in [0.5, 0.6) is 0 Å². The van der Waals surface area contributed by atoms with Crippen molar-refractivity contribution in [2.75, 3.05) is 0 Å². The molecular formula is C24H25N7O4. The van der Waals surface area contributed by atoms with Crippen LogP contribution in [0, 0.1) is 5.92 Å². The lowest BCUT2D eigenvalue weighted by Gasteiger charge is -2.14. The maximum absolute atomic E-state index is 13.3. The first-order chi connectivity index (χ1) is 16.8. The minimum Gasteiger partial charge on any atom is -0.324 e. The number of nitrogens with one attached hydrogen (secondary N) is 2. The van der Waals surface area contributed by atoms with Crippen molar-refractivity contribution in [3.8, 4) is 0 Å². The number of hydrogen-bond acceptors (Lipinski definition) is 6. The molecule has 0 saturated heterocycles. The molecule has 0 radical (unpaired) electrons. The van der Waals surface area contributed by atoms with Crippen LogP contribution in [-0.4, -0.2) is 35.5 Å². The van der Waals surface area contributed by atoms with E-state index in [0.29, 0.717) is 6.54 Å². The normalized spacial score (nSPS) is 11.1. The third-order valence-electron chi connectivity index (χ3n) is 5.24. The predicted molar refractivity (Wildman–Crippen MR) is 128 cm³/mol. The second-order valence-electron chi connectivity index (χ2n) is 8.43. The molecule has 0 fully saturated rings. The number of hydrazine groups is 1. The fourth-order valence-electron chi connectivity index (χ4n) is 3.69. The quantitative estimate of drug-likeness (QED) is 0.382. The smallest absolute Gasteiger partial charge is 0.324 e. The molecule has 3 aromatic heterocycles. The molecule has 0 bridgehead atoms. The third-order valence-corrected chi connectivity index (χ3v) is 5.24. The van der Waals surface area contributed by atoms with Crippen LogP contribution in [0.3, 0.4) is 0 Å². The highest BCUT2D eigenvalue weighted by Crippen LogP contribution is 2.11. The van der Waals surface area contributed by atoms with Crippen LogP contribution in [0.2, 0.25) is 0 Å². The molecule has 0 saturated carbocycles. The summed E-state index contributed by atoms with van der Waals surface area (Å²) < 4.78 is 3.93. The lowest BCUT2D eigenvalue weighted by molar-refractivity contribution is -0.122. The van der Waals surface area contributed by atoms with E-state index >= 15 is 0 Å². The molecule has 0 spiro atoms. The van der Waals surface area contributed by atoms with Gasteiger partial charge in [-0.3, -0.25) is 34.8 Å². The second-order valence-corrected chi connectivity index (χ2v) is 8.43. The van der Waals surface area contributed by atoms with E-state index in [-0.39, 0.29) is 29.3 Å². The van der Waals surface area contributed by atoms with Crippen molar-refractivity contribution in [3.63, 3.8) is 0 Å². The summed E-state index contributed by atoms with van der Waals surface area (Å²) in [5.41, 5.74) is 4.61. The highest BCUT2D eigenvalue weighted by molar-refractivity contribution is 5.93. The van der Waals surface area contributed by atoms with Crippen molar-refractivity contribution in [3.05, 3.63) is 93.2 Å². The molecule has 4 rings (SSSR count). The van der Waals surface area contributed by atoms with Gasteiger partial charge in [-0.2, -0.15) is 0 Å². The number of hydrogen-bond donors (Lipinski definition) is 2. The standard InChI is InChI=1S/C24H25N7O4/c1-16(2)12-29-15-26-21-20(29)23(34)31(24(35)30(21)13-17-8-4-3-5-9-17)14-19(32)27-28-22(33)18-10-6-7-11-25-18/h3-11,15-16H,12-14H2,1-2H3,(H,27,32)(H,28,33). The summed E-state index contributed by atoms with van der Waals surface area (Å²) in [6.07, 6.45) is 2.98. The summed E-state index contributed by atoms with van der Waals surface area (Å²) in [5, 5.41) is 0. The average molecular weight is 476 g/mol. The molecular weight excluding hydrogens is 450 g/mol. The Morgan fingerprint density at radius 1 is 0.943 bits per heavy atom. The zero-order chi connectivity index (χ0) is 24.9. The molecule has 0 atom stereocenters. The summed E-state index contributed by atoms with van der Waals surface area (Å²) in [7, 11) is 0. The lowest BCUT2D eigenvalue weighted by atomic mass is 10.2. The highest BCUT2D eigenvalue weighted by atomic mass is 16.2. The van der Waals surface area contributed by atoms with Crippen LogP contribution >= 0.6 is 0 Å². The van der Waals surface area contributed by atoms with Gasteiger partial charge in [0.2, 0.25) is 0 Å². The fourth-order valence-corrected chi connectivity index (χ4v) is 3.69. The Morgan fingerprint density at radius 3 is 2.37 bits per heavy atom. The van der Waals surface area contributed by atoms with Crippen molar-refractivity contribution >= 4 is 23.0 Å². The summed E-state index contributed by atoms with van der Waals surface area (Å²) in [6, 6.07) is 14.1. The van der Waals surface area contributed by atoms with E-state index in [2.05, 4.69) is 20.8 Å². The Balaban J connectivity index is 1.68. The third kappa shape index (κ3) is 5.18. The molecule has 0 aliphatic carbocycles. The number of carbonyl (C=O) groups is 2. The number of amides is 2. The van der Waals surface area contributed by atoms with Gasteiger partial charge in [-0.1, -0.05) is 50.2 Å². The molecule has 11 heteroatoms. The number of aromatic nitrogens is 5. The first kappa shape index (κ1) is 23.6. The molecule has 3 heterocycles. The number of fused-ring (bicyclic) bond motifs is 1. The summed E-state index contributed by atoms with van der Waals surface area (Å²) in [4.78, 5) is 59.6. The number of imidazole rings is 1. The van der Waals surface area contributed by atoms with Crippen LogP contribution in [0.15, 0.2) is 70.6 Å². The maximum Gasteiger partial charge on any atom is 0.333 e. The molecule has 11 nitrogen and oxygen atoms in total. The fraction of sp³-hybridized carbons (Fsp3) is 0.250. The number of rotatable bonds is 7. The largest absolute Gasteiger partial charge is 0.333 e. The van der Waals surface area contributed by atoms with Crippen LogP contribution in [0.4, 0.5) is 0 Å². The van der Waals surface area contributed by atoms with E-state index in [0.717, 1.165) is 10.1 Å². The van der Waals surface area contributed by atoms with Crippen LogP contribution in [-0.2, 0) is 24.4 Å². The van der Waals surface area contributed by atoms with E-state index in [1.54, 1.807) is 16.7 Å². The van der Waals surface area contributed by atoms with Crippen molar-refractivity contribution in [1.82, 2.24) is 34.5 Å². The molecule has 0 aliphatic rings. The van der Waals surface area contributed by atoms with E-state index in [9.17, 15) is 19.2 Å². The molecule has 1 aromatic carbocycles. The minimum atomic E-state index is -0.742. The van der Waals surface area contributed by atoms with Crippen molar-refractivity contribution in [2.45, 2.75) is 33.5 Å². The number of nitrogens with zero attached hydrogens (tertiary/aromatic N) is 5. The predicted octanol–water partition coefficient (Wildman–Crippen LogP) is 0.920. The van der Waals surface area contributed by atoms with Gasteiger partial charge in [-0.25, -0.2) is 14.3 Å². The Morgan fingerprint density at radius 2 is 1.69 bits per heavy atom. The molecule has 0 aliphatic heterocycles. The topological polar surface area (TPSA) is 133 Å². The van der Waals surface area contributed by atoms with Gasteiger partial charge in [0.25, 0.3) is 17.4 Å². The van der Waals surface area contributed by atoms with Gasteiger partial charge in [0.15, 0.2) is 11.2 Å². The van der Waals surface area contributed by atoms with Crippen molar-refractivity contribution in [1.29, 1.82) is 0 Å². The first-order valence-corrected chi connectivity index (χ1v) is 11.1. The van der Waals surface area contributed by atoms with E-state index < -0.39 is 29.6 Å². The van der Waals surface area contributed by atoms with Gasteiger partial charge in [0.05, 0.1) is 12.9 Å². The SMILES string of the molecule is CC(C)Cn1cnc2c1c(=O)n(CC(=O)NNC(=O)c1ccccn1)c(=O)n2Cc1ccccc1. The number of carbonyl (C=O) groups excluding carboxylic acids is 2. The minimum absolute atomic E-state index is 0.106. The molecule has 2 amide bonds. The zero-order valence-electron chi connectivity index (χ0n) is 19.3. The van der Waals surface area contributed by atoms with Crippen LogP contribution < -0.4 is 22.1 Å². The summed E-state index contributed by atoms with van der Waals surface area (Å²) >= 11 is 0. The molecule has 2 N–H and O–H groups in total. The molecule has 4 aromatic rings. The van der Waals surface area contributed by atoms with E-state index in [1.807, 2.05) is 44.2 Å². The zero-order valence-corrected chi connectivity index (χ0v) is 19.3. The lowest BCUT2D eigenvalue weighted by Crippen LogP contribution is -2.48. The molecule has 180 valence electrons. The number of benzene rings is 1.